The van der Waals surface area contributed by atoms with E-state index >= 15 is 0 Å². The number of oxime groups is 1. The zero-order valence-corrected chi connectivity index (χ0v) is 9.40. The van der Waals surface area contributed by atoms with Crippen molar-refractivity contribution in [3.05, 3.63) is 45.7 Å². The van der Waals surface area contributed by atoms with E-state index in [4.69, 9.17) is 10.9 Å². The summed E-state index contributed by atoms with van der Waals surface area (Å²) in [6.45, 7) is 2.02. The quantitative estimate of drug-likeness (QED) is 0.314. The molecule has 0 aliphatic heterocycles. The van der Waals surface area contributed by atoms with E-state index in [0.717, 1.165) is 22.9 Å². The molecule has 88 valence electrons. The minimum absolute atomic E-state index is 0.174. The minimum atomic E-state index is -0.353. The molecule has 1 aromatic carbocycles. The smallest absolute Gasteiger partial charge is 0.259 e. The number of benzene rings is 1. The molecular weight excluding hydrogens is 218 g/mol. The Labute approximate surface area is 97.6 Å². The van der Waals surface area contributed by atoms with Crippen molar-refractivity contribution in [2.45, 2.75) is 13.3 Å². The van der Waals surface area contributed by atoms with Gasteiger partial charge in [0.25, 0.3) is 5.56 Å². The van der Waals surface area contributed by atoms with Gasteiger partial charge in [-0.05, 0) is 23.4 Å². The lowest BCUT2D eigenvalue weighted by atomic mass is 10.1. The first kappa shape index (κ1) is 11.2. The Hall–Kier alpha value is -2.30. The van der Waals surface area contributed by atoms with Crippen LogP contribution in [0.2, 0.25) is 0 Å². The second-order valence-corrected chi connectivity index (χ2v) is 3.73. The van der Waals surface area contributed by atoms with Gasteiger partial charge in [0.15, 0.2) is 5.84 Å². The van der Waals surface area contributed by atoms with Gasteiger partial charge < -0.3 is 15.9 Å². The maximum Gasteiger partial charge on any atom is 0.259 e. The molecular formula is C12H13N3O2. The van der Waals surface area contributed by atoms with Gasteiger partial charge in [0, 0.05) is 0 Å². The Balaban J connectivity index is 2.79. The Morgan fingerprint density at radius 1 is 1.53 bits per heavy atom. The normalized spacial score (nSPS) is 11.9. The molecule has 4 N–H and O–H groups in total. The predicted molar refractivity (Wildman–Crippen MR) is 66.5 cm³/mol. The summed E-state index contributed by atoms with van der Waals surface area (Å²) < 4.78 is 0. The summed E-state index contributed by atoms with van der Waals surface area (Å²) in [5.74, 6) is -0.185. The summed E-state index contributed by atoms with van der Waals surface area (Å²) in [4.78, 5) is 14.5. The third-order valence-electron chi connectivity index (χ3n) is 2.73. The number of nitrogens with two attached hydrogens (primary N) is 1. The van der Waals surface area contributed by atoms with Crippen molar-refractivity contribution in [2.24, 2.45) is 10.9 Å². The van der Waals surface area contributed by atoms with Gasteiger partial charge in [-0.3, -0.25) is 4.79 Å². The van der Waals surface area contributed by atoms with E-state index < -0.39 is 0 Å². The lowest BCUT2D eigenvalue weighted by Gasteiger charge is -2.05. The second kappa shape index (κ2) is 4.29. The monoisotopic (exact) mass is 231 g/mol. The number of amidine groups is 1. The van der Waals surface area contributed by atoms with Crippen molar-refractivity contribution in [1.82, 2.24) is 4.98 Å². The third-order valence-corrected chi connectivity index (χ3v) is 2.73. The van der Waals surface area contributed by atoms with Crippen molar-refractivity contribution in [1.29, 1.82) is 0 Å². The van der Waals surface area contributed by atoms with E-state index in [1.54, 1.807) is 6.07 Å². The number of hydrogen-bond acceptors (Lipinski definition) is 3. The van der Waals surface area contributed by atoms with Crippen LogP contribution in [0, 0.1) is 0 Å². The van der Waals surface area contributed by atoms with E-state index in [9.17, 15) is 4.79 Å². The molecule has 5 heteroatoms. The summed E-state index contributed by atoms with van der Waals surface area (Å²) in [6, 6.07) is 7.37. The number of aryl methyl sites for hydroxylation is 1. The Bertz CT molecular complexity index is 644. The van der Waals surface area contributed by atoms with Crippen molar-refractivity contribution < 1.29 is 5.21 Å². The van der Waals surface area contributed by atoms with E-state index in [0.29, 0.717) is 0 Å². The molecule has 0 bridgehead atoms. The number of nitrogens with one attached hydrogen (secondary N) is 1. The molecule has 0 unspecified atom stereocenters. The van der Waals surface area contributed by atoms with Crippen molar-refractivity contribution in [3.63, 3.8) is 0 Å². The molecule has 0 amide bonds. The van der Waals surface area contributed by atoms with E-state index in [2.05, 4.69) is 10.1 Å². The molecule has 17 heavy (non-hydrogen) atoms. The number of H-pyrrole nitrogens is 1. The van der Waals surface area contributed by atoms with Crippen LogP contribution in [0.4, 0.5) is 0 Å². The van der Waals surface area contributed by atoms with Gasteiger partial charge in [-0.25, -0.2) is 0 Å². The highest BCUT2D eigenvalue weighted by molar-refractivity contribution is 5.99. The fraction of sp³-hybridized carbons (Fsp3) is 0.167. The molecule has 0 aliphatic carbocycles. The van der Waals surface area contributed by atoms with Crippen LogP contribution >= 0.6 is 0 Å². The van der Waals surface area contributed by atoms with Crippen LogP contribution in [-0.4, -0.2) is 16.0 Å². The molecule has 1 heterocycles. The highest BCUT2D eigenvalue weighted by Gasteiger charge is 2.08. The molecule has 0 saturated heterocycles. The van der Waals surface area contributed by atoms with Gasteiger partial charge in [0.05, 0.1) is 11.1 Å². The molecule has 2 rings (SSSR count). The van der Waals surface area contributed by atoms with Crippen LogP contribution in [0.25, 0.3) is 10.9 Å². The number of para-hydroxylation sites is 1. The molecule has 0 spiro atoms. The number of aromatic amines is 1. The van der Waals surface area contributed by atoms with Crippen molar-refractivity contribution in [2.75, 3.05) is 0 Å². The molecule has 5 nitrogen and oxygen atoms in total. The van der Waals surface area contributed by atoms with Crippen LogP contribution in [0.15, 0.2) is 34.2 Å². The molecule has 0 atom stereocenters. The zero-order chi connectivity index (χ0) is 12.4. The van der Waals surface area contributed by atoms with E-state index in [1.807, 2.05) is 25.1 Å². The Morgan fingerprint density at radius 3 is 2.94 bits per heavy atom. The zero-order valence-electron chi connectivity index (χ0n) is 9.40. The molecule has 0 aliphatic rings. The van der Waals surface area contributed by atoms with Gasteiger partial charge in [0.1, 0.15) is 0 Å². The first-order valence-corrected chi connectivity index (χ1v) is 5.30. The van der Waals surface area contributed by atoms with Crippen LogP contribution in [0.5, 0.6) is 0 Å². The first-order valence-electron chi connectivity index (χ1n) is 5.30. The second-order valence-electron chi connectivity index (χ2n) is 3.73. The lowest BCUT2D eigenvalue weighted by Crippen LogP contribution is -2.24. The first-order chi connectivity index (χ1) is 8.17. The number of pyridine rings is 1. The van der Waals surface area contributed by atoms with Crippen LogP contribution in [0.3, 0.4) is 0 Å². The topological polar surface area (TPSA) is 91.5 Å². The highest BCUT2D eigenvalue weighted by Crippen LogP contribution is 2.16. The SMILES string of the molecule is CCc1cccc2cc(/C(N)=N\O)c(=O)[nH]c12. The molecule has 1 aromatic heterocycles. The summed E-state index contributed by atoms with van der Waals surface area (Å²) in [6.07, 6.45) is 0.830. The van der Waals surface area contributed by atoms with E-state index in [1.165, 1.54) is 0 Å². The molecule has 0 fully saturated rings. The van der Waals surface area contributed by atoms with Crippen LogP contribution in [0.1, 0.15) is 18.1 Å². The number of nitrogens with zero attached hydrogens (tertiary/aromatic N) is 1. The standard InChI is InChI=1S/C12H13N3O2/c1-2-7-4-3-5-8-6-9(11(13)15-17)12(16)14-10(7)8/h3-6,17H,2H2,1H3,(H2,13,15)(H,14,16). The van der Waals surface area contributed by atoms with Crippen LogP contribution < -0.4 is 11.3 Å². The fourth-order valence-electron chi connectivity index (χ4n) is 1.83. The van der Waals surface area contributed by atoms with Crippen molar-refractivity contribution >= 4 is 16.7 Å². The largest absolute Gasteiger partial charge is 0.409 e. The van der Waals surface area contributed by atoms with Gasteiger partial charge in [-0.15, -0.1) is 0 Å². The average Bonchev–Trinajstić information content (AvgIpc) is 2.36. The predicted octanol–water partition coefficient (Wildman–Crippen LogP) is 1.18. The molecule has 0 saturated carbocycles. The summed E-state index contributed by atoms with van der Waals surface area (Å²) in [5, 5.41) is 12.3. The highest BCUT2D eigenvalue weighted by atomic mass is 16.4. The number of hydrogen-bond donors (Lipinski definition) is 3. The van der Waals surface area contributed by atoms with Crippen LogP contribution in [-0.2, 0) is 6.42 Å². The van der Waals surface area contributed by atoms with Gasteiger partial charge in [0.2, 0.25) is 0 Å². The van der Waals surface area contributed by atoms with E-state index in [-0.39, 0.29) is 17.0 Å². The van der Waals surface area contributed by atoms with Gasteiger partial charge >= 0.3 is 0 Å². The number of fused-ring (bicyclic) bond motifs is 1. The number of aromatic nitrogens is 1. The summed E-state index contributed by atoms with van der Waals surface area (Å²) in [7, 11) is 0. The average molecular weight is 231 g/mol. The lowest BCUT2D eigenvalue weighted by molar-refractivity contribution is 0.318. The minimum Gasteiger partial charge on any atom is -0.409 e. The van der Waals surface area contributed by atoms with Crippen molar-refractivity contribution in [3.8, 4) is 0 Å². The molecule has 0 radical (unpaired) electrons. The fourth-order valence-corrected chi connectivity index (χ4v) is 1.83. The van der Waals surface area contributed by atoms with Gasteiger partial charge in [-0.1, -0.05) is 30.3 Å². The number of rotatable bonds is 2. The third kappa shape index (κ3) is 1.87. The molecule has 2 aromatic rings. The van der Waals surface area contributed by atoms with Gasteiger partial charge in [-0.2, -0.15) is 0 Å². The Morgan fingerprint density at radius 2 is 2.29 bits per heavy atom. The Kier molecular flexibility index (Phi) is 2.82. The maximum absolute atomic E-state index is 11.8. The maximum atomic E-state index is 11.8. The summed E-state index contributed by atoms with van der Waals surface area (Å²) in [5.41, 5.74) is 7.12. The summed E-state index contributed by atoms with van der Waals surface area (Å²) >= 11 is 0.